The number of hydrogen-bond acceptors (Lipinski definition) is 2. The van der Waals surface area contributed by atoms with Gasteiger partial charge in [-0.25, -0.2) is 4.39 Å². The van der Waals surface area contributed by atoms with Gasteiger partial charge in [-0.3, -0.25) is 4.79 Å². The second-order valence-corrected chi connectivity index (χ2v) is 5.22. The summed E-state index contributed by atoms with van der Waals surface area (Å²) >= 11 is 0. The van der Waals surface area contributed by atoms with Crippen LogP contribution < -0.4 is 0 Å². The molecule has 0 aromatic heterocycles. The van der Waals surface area contributed by atoms with Gasteiger partial charge in [0.05, 0.1) is 6.54 Å². The highest BCUT2D eigenvalue weighted by molar-refractivity contribution is 5.77. The third-order valence-corrected chi connectivity index (χ3v) is 3.64. The van der Waals surface area contributed by atoms with Crippen LogP contribution in [0, 0.1) is 5.82 Å². The van der Waals surface area contributed by atoms with Crippen molar-refractivity contribution in [3.63, 3.8) is 0 Å². The van der Waals surface area contributed by atoms with E-state index in [2.05, 4.69) is 0 Å². The van der Waals surface area contributed by atoms with Gasteiger partial charge >= 0.3 is 6.18 Å². The van der Waals surface area contributed by atoms with Gasteiger partial charge in [-0.05, 0) is 24.1 Å². The number of β-amino-alcohol motifs (C(OH)–C–C–N with tert-alkyl or cyclic N) is 1. The number of aryl methyl sites for hydroxylation is 1. The number of benzene rings is 1. The van der Waals surface area contributed by atoms with E-state index in [9.17, 15) is 27.5 Å². The molecule has 21 heavy (non-hydrogen) atoms. The maximum Gasteiger partial charge on any atom is 0.419 e. The molecule has 1 aliphatic rings. The largest absolute Gasteiger partial charge is 0.419 e. The van der Waals surface area contributed by atoms with E-state index in [0.717, 1.165) is 4.90 Å². The molecule has 7 heteroatoms. The molecule has 1 aromatic carbocycles. The third-order valence-electron chi connectivity index (χ3n) is 3.64. The highest BCUT2D eigenvalue weighted by Gasteiger charge is 2.57. The van der Waals surface area contributed by atoms with Gasteiger partial charge < -0.3 is 10.0 Å². The molecule has 1 fully saturated rings. The molecule has 2 rings (SSSR count). The van der Waals surface area contributed by atoms with Crippen molar-refractivity contribution in [1.82, 2.24) is 4.90 Å². The van der Waals surface area contributed by atoms with Gasteiger partial charge in [-0.15, -0.1) is 0 Å². The van der Waals surface area contributed by atoms with Crippen LogP contribution in [0.5, 0.6) is 0 Å². The fraction of sp³-hybridized carbons (Fsp3) is 0.500. The molecule has 0 aliphatic carbocycles. The Hall–Kier alpha value is -1.63. The van der Waals surface area contributed by atoms with E-state index < -0.39 is 36.5 Å². The van der Waals surface area contributed by atoms with Crippen LogP contribution in [-0.2, 0) is 11.2 Å². The van der Waals surface area contributed by atoms with Crippen LogP contribution >= 0.6 is 0 Å². The van der Waals surface area contributed by atoms with Gasteiger partial charge in [0.25, 0.3) is 0 Å². The minimum absolute atomic E-state index is 0.0165. The zero-order valence-electron chi connectivity index (χ0n) is 11.2. The average Bonchev–Trinajstić information content (AvgIpc) is 2.80. The zero-order chi connectivity index (χ0) is 15.7. The number of aliphatic hydroxyl groups is 1. The first-order valence-corrected chi connectivity index (χ1v) is 6.53. The molecular weight excluding hydrogens is 290 g/mol. The van der Waals surface area contributed by atoms with E-state index in [1.807, 2.05) is 0 Å². The first-order valence-electron chi connectivity index (χ1n) is 6.53. The summed E-state index contributed by atoms with van der Waals surface area (Å²) in [6.07, 6.45) is -5.03. The van der Waals surface area contributed by atoms with Crippen LogP contribution in [-0.4, -0.2) is 40.8 Å². The van der Waals surface area contributed by atoms with Crippen molar-refractivity contribution in [1.29, 1.82) is 0 Å². The number of rotatable bonds is 3. The van der Waals surface area contributed by atoms with E-state index in [1.54, 1.807) is 6.07 Å². The predicted molar refractivity (Wildman–Crippen MR) is 66.9 cm³/mol. The minimum Gasteiger partial charge on any atom is -0.379 e. The quantitative estimate of drug-likeness (QED) is 0.871. The van der Waals surface area contributed by atoms with E-state index in [4.69, 9.17) is 0 Å². The monoisotopic (exact) mass is 305 g/mol. The Morgan fingerprint density at radius 2 is 2.10 bits per heavy atom. The number of nitrogens with zero attached hydrogens (tertiary/aromatic N) is 1. The Kier molecular flexibility index (Phi) is 4.22. The molecule has 0 radical (unpaired) electrons. The minimum atomic E-state index is -4.75. The fourth-order valence-electron chi connectivity index (χ4n) is 2.34. The van der Waals surface area contributed by atoms with Crippen LogP contribution in [0.15, 0.2) is 24.3 Å². The standard InChI is InChI=1S/C14H15F4NO2/c15-11-3-1-2-10(8-11)4-5-12(20)19-7-6-13(21,9-19)14(16,17)18/h1-3,8,21H,4-7,9H2. The van der Waals surface area contributed by atoms with Crippen molar-refractivity contribution >= 4 is 5.91 Å². The summed E-state index contributed by atoms with van der Waals surface area (Å²) in [5.74, 6) is -0.896. The predicted octanol–water partition coefficient (Wildman–Crippen LogP) is 2.28. The summed E-state index contributed by atoms with van der Waals surface area (Å²) in [5, 5.41) is 9.50. The molecule has 1 aliphatic heterocycles. The van der Waals surface area contributed by atoms with Crippen LogP contribution in [0.4, 0.5) is 17.6 Å². The summed E-state index contributed by atoms with van der Waals surface area (Å²) in [6, 6.07) is 5.71. The zero-order valence-corrected chi connectivity index (χ0v) is 11.2. The van der Waals surface area contributed by atoms with Crippen molar-refractivity contribution in [2.45, 2.75) is 31.0 Å². The number of likely N-dealkylation sites (tertiary alicyclic amines) is 1. The van der Waals surface area contributed by atoms with Crippen LogP contribution in [0.3, 0.4) is 0 Å². The molecule has 1 heterocycles. The van der Waals surface area contributed by atoms with Crippen LogP contribution in [0.25, 0.3) is 0 Å². The summed E-state index contributed by atoms with van der Waals surface area (Å²) in [6.45, 7) is -0.865. The SMILES string of the molecule is O=C(CCc1cccc(F)c1)N1CCC(O)(C(F)(F)F)C1. The van der Waals surface area contributed by atoms with Crippen molar-refractivity contribution in [2.24, 2.45) is 0 Å². The van der Waals surface area contributed by atoms with Gasteiger partial charge in [0.15, 0.2) is 5.60 Å². The van der Waals surface area contributed by atoms with E-state index >= 15 is 0 Å². The average molecular weight is 305 g/mol. The maximum atomic E-state index is 13.0. The lowest BCUT2D eigenvalue weighted by atomic mass is 10.0. The lowest BCUT2D eigenvalue weighted by Crippen LogP contribution is -2.48. The molecule has 1 N–H and O–H groups in total. The summed E-state index contributed by atoms with van der Waals surface area (Å²) < 4.78 is 50.9. The molecule has 0 spiro atoms. The Morgan fingerprint density at radius 3 is 2.67 bits per heavy atom. The number of alkyl halides is 3. The molecule has 116 valence electrons. The fourth-order valence-corrected chi connectivity index (χ4v) is 2.34. The van der Waals surface area contributed by atoms with Crippen molar-refractivity contribution in [2.75, 3.05) is 13.1 Å². The number of halogens is 4. The summed E-state index contributed by atoms with van der Waals surface area (Å²) in [4.78, 5) is 12.9. The highest BCUT2D eigenvalue weighted by Crippen LogP contribution is 2.37. The van der Waals surface area contributed by atoms with Crippen molar-refractivity contribution in [3.05, 3.63) is 35.6 Å². The first kappa shape index (κ1) is 15.8. The van der Waals surface area contributed by atoms with E-state index in [-0.39, 0.29) is 19.4 Å². The second-order valence-electron chi connectivity index (χ2n) is 5.22. The van der Waals surface area contributed by atoms with E-state index in [1.165, 1.54) is 18.2 Å². The molecule has 1 aromatic rings. The van der Waals surface area contributed by atoms with Gasteiger partial charge in [0.2, 0.25) is 5.91 Å². The number of hydrogen-bond donors (Lipinski definition) is 1. The summed E-state index contributed by atoms with van der Waals surface area (Å²) in [7, 11) is 0. The first-order chi connectivity index (χ1) is 9.71. The number of carbonyl (C=O) groups is 1. The maximum absolute atomic E-state index is 13.0. The van der Waals surface area contributed by atoms with Crippen LogP contribution in [0.1, 0.15) is 18.4 Å². The van der Waals surface area contributed by atoms with Crippen molar-refractivity contribution in [3.8, 4) is 0 Å². The Bertz CT molecular complexity index is 532. The van der Waals surface area contributed by atoms with Gasteiger partial charge in [0.1, 0.15) is 5.82 Å². The lowest BCUT2D eigenvalue weighted by Gasteiger charge is -2.25. The smallest absolute Gasteiger partial charge is 0.379 e. The third kappa shape index (κ3) is 3.53. The van der Waals surface area contributed by atoms with Crippen molar-refractivity contribution < 1.29 is 27.5 Å². The van der Waals surface area contributed by atoms with Gasteiger partial charge in [0, 0.05) is 19.4 Å². The molecule has 3 nitrogen and oxygen atoms in total. The van der Waals surface area contributed by atoms with Crippen LogP contribution in [0.2, 0.25) is 0 Å². The normalized spacial score (nSPS) is 22.6. The molecule has 1 unspecified atom stereocenters. The molecule has 0 bridgehead atoms. The van der Waals surface area contributed by atoms with E-state index in [0.29, 0.717) is 5.56 Å². The Balaban J connectivity index is 1.91. The topological polar surface area (TPSA) is 40.5 Å². The molecule has 1 atom stereocenters. The molecule has 1 saturated heterocycles. The van der Waals surface area contributed by atoms with Gasteiger partial charge in [-0.1, -0.05) is 12.1 Å². The molecular formula is C14H15F4NO2. The summed E-state index contributed by atoms with van der Waals surface area (Å²) in [5.41, 5.74) is -2.21. The number of carbonyl (C=O) groups excluding carboxylic acids is 1. The highest BCUT2D eigenvalue weighted by atomic mass is 19.4. The van der Waals surface area contributed by atoms with Gasteiger partial charge in [-0.2, -0.15) is 13.2 Å². The Labute approximate surface area is 119 Å². The lowest BCUT2D eigenvalue weighted by molar-refractivity contribution is -0.253. The number of amides is 1. The molecule has 0 saturated carbocycles. The Morgan fingerprint density at radius 1 is 1.38 bits per heavy atom. The molecule has 1 amide bonds. The second kappa shape index (κ2) is 5.63.